The van der Waals surface area contributed by atoms with Gasteiger partial charge in [0.2, 0.25) is 0 Å². The first-order valence-corrected chi connectivity index (χ1v) is 12.2. The lowest BCUT2D eigenvalue weighted by Gasteiger charge is -2.33. The number of benzene rings is 3. The van der Waals surface area contributed by atoms with E-state index in [-0.39, 0.29) is 11.8 Å². The van der Waals surface area contributed by atoms with Crippen molar-refractivity contribution in [2.45, 2.75) is 11.4 Å². The molecule has 5 rings (SSSR count). The number of hydrogen-bond acceptors (Lipinski definition) is 5. The topological polar surface area (TPSA) is 59.1 Å². The van der Waals surface area contributed by atoms with Gasteiger partial charge in [-0.05, 0) is 60.2 Å². The number of carbonyl (C=O) groups excluding carboxylic acids is 2. The van der Waals surface area contributed by atoms with Crippen LogP contribution in [-0.2, 0) is 16.2 Å². The molecule has 174 valence electrons. The highest BCUT2D eigenvalue weighted by molar-refractivity contribution is 8.01. The van der Waals surface area contributed by atoms with E-state index in [4.69, 9.17) is 21.1 Å². The standard InChI is InChI=1S/C26H23ClN2O4S/c1-32-20-9-6-18(7-10-20)24(30)29-12-13-34-26(29)22-15-19(27)8-11-23(22)28(25(26)31)16-17-4-3-5-21(14-17)33-2/h3-11,14-15H,12-13,16H2,1-2H3/t26-/m0/s1. The molecule has 2 amide bonds. The smallest absolute Gasteiger partial charge is 0.268 e. The summed E-state index contributed by atoms with van der Waals surface area (Å²) in [6.07, 6.45) is 0. The highest BCUT2D eigenvalue weighted by Gasteiger charge is 2.59. The number of carbonyl (C=O) groups is 2. The van der Waals surface area contributed by atoms with Crippen molar-refractivity contribution >= 4 is 40.9 Å². The Hall–Kier alpha value is -3.16. The van der Waals surface area contributed by atoms with Gasteiger partial charge in [-0.25, -0.2) is 0 Å². The van der Waals surface area contributed by atoms with Gasteiger partial charge in [0.25, 0.3) is 11.8 Å². The summed E-state index contributed by atoms with van der Waals surface area (Å²) in [6, 6.07) is 20.0. The van der Waals surface area contributed by atoms with E-state index in [1.165, 1.54) is 11.8 Å². The van der Waals surface area contributed by atoms with Crippen molar-refractivity contribution in [3.63, 3.8) is 0 Å². The van der Waals surface area contributed by atoms with Gasteiger partial charge in [0.1, 0.15) is 11.5 Å². The monoisotopic (exact) mass is 494 g/mol. The van der Waals surface area contributed by atoms with Crippen LogP contribution in [0.5, 0.6) is 11.5 Å². The number of methoxy groups -OCH3 is 2. The van der Waals surface area contributed by atoms with Crippen LogP contribution in [0.15, 0.2) is 66.7 Å². The Morgan fingerprint density at radius 2 is 1.79 bits per heavy atom. The van der Waals surface area contributed by atoms with Crippen LogP contribution >= 0.6 is 23.4 Å². The highest BCUT2D eigenvalue weighted by Crippen LogP contribution is 2.55. The fraction of sp³-hybridized carbons (Fsp3) is 0.231. The predicted octanol–water partition coefficient (Wildman–Crippen LogP) is 4.95. The number of ether oxygens (including phenoxy) is 2. The van der Waals surface area contributed by atoms with E-state index >= 15 is 0 Å². The van der Waals surface area contributed by atoms with Gasteiger partial charge in [0.05, 0.1) is 26.5 Å². The summed E-state index contributed by atoms with van der Waals surface area (Å²) in [5.74, 6) is 1.70. The Bertz CT molecular complexity index is 1270. The fourth-order valence-electron chi connectivity index (χ4n) is 4.59. The van der Waals surface area contributed by atoms with Crippen molar-refractivity contribution in [3.8, 4) is 11.5 Å². The molecule has 0 radical (unpaired) electrons. The summed E-state index contributed by atoms with van der Waals surface area (Å²) in [4.78, 5) is 30.0. The molecule has 0 aromatic heterocycles. The molecule has 3 aromatic rings. The lowest BCUT2D eigenvalue weighted by Crippen LogP contribution is -2.50. The van der Waals surface area contributed by atoms with Crippen molar-refractivity contribution in [1.82, 2.24) is 4.90 Å². The molecule has 2 heterocycles. The van der Waals surface area contributed by atoms with E-state index in [2.05, 4.69) is 0 Å². The van der Waals surface area contributed by atoms with Gasteiger partial charge in [0.15, 0.2) is 4.87 Å². The zero-order valence-electron chi connectivity index (χ0n) is 18.8. The lowest BCUT2D eigenvalue weighted by atomic mass is 10.0. The number of fused-ring (bicyclic) bond motifs is 2. The molecule has 1 fully saturated rings. The third kappa shape index (κ3) is 3.60. The Morgan fingerprint density at radius 1 is 1.03 bits per heavy atom. The third-order valence-corrected chi connectivity index (χ3v) is 7.87. The second-order valence-corrected chi connectivity index (χ2v) is 9.81. The van der Waals surface area contributed by atoms with Crippen molar-refractivity contribution in [2.24, 2.45) is 0 Å². The first-order chi connectivity index (χ1) is 16.5. The fourth-order valence-corrected chi connectivity index (χ4v) is 6.21. The number of amides is 2. The molecule has 2 aliphatic heterocycles. The summed E-state index contributed by atoms with van der Waals surface area (Å²) in [5, 5.41) is 0.526. The summed E-state index contributed by atoms with van der Waals surface area (Å²) in [5.41, 5.74) is 2.95. The first-order valence-electron chi connectivity index (χ1n) is 10.8. The Kier molecular flexibility index (Phi) is 5.91. The van der Waals surface area contributed by atoms with E-state index in [0.717, 1.165) is 22.6 Å². The van der Waals surface area contributed by atoms with Crippen LogP contribution in [0.25, 0.3) is 0 Å². The molecule has 34 heavy (non-hydrogen) atoms. The van der Waals surface area contributed by atoms with Crippen LogP contribution < -0.4 is 14.4 Å². The third-order valence-electron chi connectivity index (χ3n) is 6.21. The van der Waals surface area contributed by atoms with Crippen LogP contribution in [-0.4, -0.2) is 43.2 Å². The Labute approximate surface area is 207 Å². The van der Waals surface area contributed by atoms with Crippen molar-refractivity contribution in [1.29, 1.82) is 0 Å². The number of anilines is 1. The number of thioether (sulfide) groups is 1. The van der Waals surface area contributed by atoms with Gasteiger partial charge < -0.3 is 19.3 Å². The molecule has 6 nitrogen and oxygen atoms in total. The molecule has 0 aliphatic carbocycles. The van der Waals surface area contributed by atoms with E-state index in [0.29, 0.717) is 35.2 Å². The van der Waals surface area contributed by atoms with Crippen molar-refractivity contribution in [2.75, 3.05) is 31.4 Å². The molecule has 0 bridgehead atoms. The molecule has 2 aliphatic rings. The largest absolute Gasteiger partial charge is 0.497 e. The normalized spacial score (nSPS) is 19.0. The van der Waals surface area contributed by atoms with Crippen LogP contribution in [0, 0.1) is 0 Å². The van der Waals surface area contributed by atoms with Gasteiger partial charge in [0, 0.05) is 28.4 Å². The maximum Gasteiger partial charge on any atom is 0.268 e. The average Bonchev–Trinajstić information content (AvgIpc) is 3.41. The highest BCUT2D eigenvalue weighted by atomic mass is 35.5. The SMILES string of the molecule is COc1ccc(C(=O)N2CCS[C@@]23C(=O)N(Cc2cccc(OC)c2)c2ccc(Cl)cc23)cc1. The van der Waals surface area contributed by atoms with Crippen molar-refractivity contribution in [3.05, 3.63) is 88.4 Å². The summed E-state index contributed by atoms with van der Waals surface area (Å²) < 4.78 is 10.6. The second kappa shape index (κ2) is 8.89. The number of rotatable bonds is 5. The van der Waals surface area contributed by atoms with Gasteiger partial charge in [-0.3, -0.25) is 9.59 Å². The number of nitrogens with zero attached hydrogens (tertiary/aromatic N) is 2. The molecule has 0 unspecified atom stereocenters. The molecule has 0 saturated carbocycles. The molecular weight excluding hydrogens is 472 g/mol. The first kappa shape index (κ1) is 22.6. The molecule has 1 atom stereocenters. The van der Waals surface area contributed by atoms with Gasteiger partial charge in [-0.2, -0.15) is 0 Å². The van der Waals surface area contributed by atoms with Crippen LogP contribution in [0.3, 0.4) is 0 Å². The molecule has 8 heteroatoms. The van der Waals surface area contributed by atoms with Gasteiger partial charge in [-0.1, -0.05) is 23.7 Å². The Balaban J connectivity index is 1.56. The Morgan fingerprint density at radius 3 is 2.53 bits per heavy atom. The zero-order chi connectivity index (χ0) is 23.9. The number of halogens is 1. The van der Waals surface area contributed by atoms with Gasteiger partial charge >= 0.3 is 0 Å². The zero-order valence-corrected chi connectivity index (χ0v) is 20.4. The molecule has 1 saturated heterocycles. The number of hydrogen-bond donors (Lipinski definition) is 0. The summed E-state index contributed by atoms with van der Waals surface area (Å²) in [6.45, 7) is 0.817. The molecule has 1 spiro atoms. The van der Waals surface area contributed by atoms with Gasteiger partial charge in [-0.15, -0.1) is 11.8 Å². The second-order valence-electron chi connectivity index (χ2n) is 8.08. The minimum absolute atomic E-state index is 0.142. The minimum Gasteiger partial charge on any atom is -0.497 e. The van der Waals surface area contributed by atoms with Crippen LogP contribution in [0.4, 0.5) is 5.69 Å². The molecular formula is C26H23ClN2O4S. The molecule has 3 aromatic carbocycles. The van der Waals surface area contributed by atoms with E-state index in [1.807, 2.05) is 36.4 Å². The lowest BCUT2D eigenvalue weighted by molar-refractivity contribution is -0.123. The van der Waals surface area contributed by atoms with Crippen molar-refractivity contribution < 1.29 is 19.1 Å². The van der Waals surface area contributed by atoms with E-state index < -0.39 is 4.87 Å². The average molecular weight is 495 g/mol. The van der Waals surface area contributed by atoms with Crippen LogP contribution in [0.1, 0.15) is 21.5 Å². The predicted molar refractivity (Wildman–Crippen MR) is 134 cm³/mol. The summed E-state index contributed by atoms with van der Waals surface area (Å²) in [7, 11) is 3.20. The maximum absolute atomic E-state index is 14.1. The quantitative estimate of drug-likeness (QED) is 0.502. The van der Waals surface area contributed by atoms with E-state index in [1.54, 1.807) is 54.4 Å². The summed E-state index contributed by atoms with van der Waals surface area (Å²) >= 11 is 7.86. The molecule has 0 N–H and O–H groups in total. The van der Waals surface area contributed by atoms with E-state index in [9.17, 15) is 9.59 Å². The minimum atomic E-state index is -1.16. The maximum atomic E-state index is 14.1. The van der Waals surface area contributed by atoms with Crippen LogP contribution in [0.2, 0.25) is 5.02 Å².